The first-order valence-corrected chi connectivity index (χ1v) is 11.6. The molecule has 2 aliphatic rings. The number of benzene rings is 1. The van der Waals surface area contributed by atoms with Crippen LogP contribution in [-0.4, -0.2) is 48.4 Å². The topological polar surface area (TPSA) is 97.8 Å². The second kappa shape index (κ2) is 8.18. The Morgan fingerprint density at radius 2 is 1.89 bits per heavy atom. The summed E-state index contributed by atoms with van der Waals surface area (Å²) in [5.74, 6) is 0.475. The van der Waals surface area contributed by atoms with E-state index >= 15 is 0 Å². The molecule has 0 aliphatic carbocycles. The zero-order chi connectivity index (χ0) is 23.9. The molecule has 5 heterocycles. The Labute approximate surface area is 210 Å². The summed E-state index contributed by atoms with van der Waals surface area (Å²) in [6, 6.07) is 3.37. The molecule has 2 aliphatic heterocycles. The van der Waals surface area contributed by atoms with Crippen molar-refractivity contribution in [1.82, 2.24) is 24.3 Å². The molecular formula is C23H25Cl2F2N7O. The van der Waals surface area contributed by atoms with Crippen molar-refractivity contribution >= 4 is 51.9 Å². The van der Waals surface area contributed by atoms with E-state index in [0.717, 1.165) is 23.7 Å². The highest BCUT2D eigenvalue weighted by Crippen LogP contribution is 2.44. The molecule has 2 unspecified atom stereocenters. The summed E-state index contributed by atoms with van der Waals surface area (Å²) in [5.41, 5.74) is 6.91. The number of halogens is 4. The molecule has 8 nitrogen and oxygen atoms in total. The monoisotopic (exact) mass is 523 g/mol. The van der Waals surface area contributed by atoms with Gasteiger partial charge in [0.15, 0.2) is 0 Å². The lowest BCUT2D eigenvalue weighted by atomic mass is 9.84. The molecule has 2 saturated heterocycles. The van der Waals surface area contributed by atoms with E-state index in [9.17, 15) is 13.6 Å². The van der Waals surface area contributed by atoms with Crippen LogP contribution in [0.5, 0.6) is 0 Å². The molecule has 0 radical (unpaired) electrons. The van der Waals surface area contributed by atoms with Crippen molar-refractivity contribution in [2.24, 2.45) is 19.8 Å². The van der Waals surface area contributed by atoms with Gasteiger partial charge < -0.3 is 15.6 Å². The maximum atomic E-state index is 13.6. The predicted molar refractivity (Wildman–Crippen MR) is 135 cm³/mol. The first kappa shape index (κ1) is 24.0. The number of H-pyrrole nitrogens is 1. The molecule has 3 aromatic heterocycles. The van der Waals surface area contributed by atoms with Gasteiger partial charge >= 0.3 is 0 Å². The fraction of sp³-hybridized carbons (Fsp3) is 0.435. The average molecular weight is 524 g/mol. The molecule has 0 saturated carbocycles. The summed E-state index contributed by atoms with van der Waals surface area (Å²) in [5, 5.41) is 6.12. The molecule has 4 aromatic rings. The van der Waals surface area contributed by atoms with Gasteiger partial charge in [-0.2, -0.15) is 10.1 Å². The summed E-state index contributed by atoms with van der Waals surface area (Å²) >= 11 is 6.71. The Bertz CT molecular complexity index is 1500. The number of alkyl halides is 2. The number of nitrogens with zero attached hydrogens (tertiary/aromatic N) is 5. The normalized spacial score (nSPS) is 24.0. The van der Waals surface area contributed by atoms with Gasteiger partial charge in [-0.05, 0) is 31.7 Å². The average Bonchev–Trinajstić information content (AvgIpc) is 3.45. The van der Waals surface area contributed by atoms with Crippen LogP contribution in [-0.2, 0) is 14.1 Å². The van der Waals surface area contributed by atoms with Crippen molar-refractivity contribution in [2.45, 2.75) is 49.7 Å². The Balaban J connectivity index is 0.00000253. The first-order valence-electron chi connectivity index (χ1n) is 11.2. The fourth-order valence-corrected chi connectivity index (χ4v) is 6.12. The molecule has 35 heavy (non-hydrogen) atoms. The second-order valence-electron chi connectivity index (χ2n) is 9.60. The Hall–Kier alpha value is -2.69. The Kier molecular flexibility index (Phi) is 5.61. The van der Waals surface area contributed by atoms with Crippen LogP contribution < -0.4 is 16.2 Å². The van der Waals surface area contributed by atoms with Crippen LogP contribution >= 0.6 is 24.0 Å². The van der Waals surface area contributed by atoms with Crippen molar-refractivity contribution in [3.05, 3.63) is 39.9 Å². The highest BCUT2D eigenvalue weighted by Gasteiger charge is 2.51. The van der Waals surface area contributed by atoms with Gasteiger partial charge in [-0.3, -0.25) is 14.0 Å². The summed E-state index contributed by atoms with van der Waals surface area (Å²) in [4.78, 5) is 23.5. The van der Waals surface area contributed by atoms with Crippen LogP contribution in [0.25, 0.3) is 33.1 Å². The maximum Gasteiger partial charge on any atom is 0.264 e. The largest absolute Gasteiger partial charge is 0.345 e. The summed E-state index contributed by atoms with van der Waals surface area (Å²) in [7, 11) is 3.50. The number of nitrogens with one attached hydrogen (secondary N) is 1. The van der Waals surface area contributed by atoms with Crippen LogP contribution in [0, 0.1) is 0 Å². The SMILES string of the molecule is Cl.Cn1cc2c(Cl)c(-c3c[nH]c4nc(N5C6CCC5CC(N)(C(F)F)C6)n(C)c(=O)c34)ccc2n1. The van der Waals surface area contributed by atoms with Crippen molar-refractivity contribution in [3.63, 3.8) is 0 Å². The minimum Gasteiger partial charge on any atom is -0.345 e. The number of fused-ring (bicyclic) bond motifs is 4. The van der Waals surface area contributed by atoms with Crippen molar-refractivity contribution in [1.29, 1.82) is 0 Å². The summed E-state index contributed by atoms with van der Waals surface area (Å²) in [6.45, 7) is 0. The zero-order valence-corrected chi connectivity index (χ0v) is 20.7. The molecule has 2 bridgehead atoms. The number of aromatic nitrogens is 5. The molecule has 6 rings (SSSR count). The first-order chi connectivity index (χ1) is 16.2. The van der Waals surface area contributed by atoms with E-state index < -0.39 is 12.0 Å². The minimum absolute atomic E-state index is 0. The molecule has 3 N–H and O–H groups in total. The zero-order valence-electron chi connectivity index (χ0n) is 19.1. The predicted octanol–water partition coefficient (Wildman–Crippen LogP) is 3.98. The van der Waals surface area contributed by atoms with E-state index in [1.165, 1.54) is 4.57 Å². The lowest BCUT2D eigenvalue weighted by Crippen LogP contribution is -2.60. The molecule has 0 spiro atoms. The third-order valence-electron chi connectivity index (χ3n) is 7.43. The van der Waals surface area contributed by atoms with E-state index in [-0.39, 0.29) is 42.9 Å². The van der Waals surface area contributed by atoms with Gasteiger partial charge in [-0.1, -0.05) is 17.7 Å². The minimum atomic E-state index is -2.58. The molecular weight excluding hydrogens is 499 g/mol. The second-order valence-corrected chi connectivity index (χ2v) is 9.98. The lowest BCUT2D eigenvalue weighted by Gasteiger charge is -2.44. The highest BCUT2D eigenvalue weighted by atomic mass is 35.5. The van der Waals surface area contributed by atoms with E-state index in [1.54, 1.807) is 17.9 Å². The van der Waals surface area contributed by atoms with Crippen molar-refractivity contribution in [3.8, 4) is 11.1 Å². The summed E-state index contributed by atoms with van der Waals surface area (Å²) in [6.07, 6.45) is 2.84. The van der Waals surface area contributed by atoms with Gasteiger partial charge in [0.25, 0.3) is 12.0 Å². The number of hydrogen-bond donors (Lipinski definition) is 2. The third kappa shape index (κ3) is 3.45. The van der Waals surface area contributed by atoms with Crippen molar-refractivity contribution in [2.75, 3.05) is 4.90 Å². The third-order valence-corrected chi connectivity index (χ3v) is 7.84. The molecule has 12 heteroatoms. The van der Waals surface area contributed by atoms with Crippen LogP contribution in [0.3, 0.4) is 0 Å². The number of hydrogen-bond acceptors (Lipinski definition) is 5. The van der Waals surface area contributed by atoms with Crippen LogP contribution in [0.1, 0.15) is 25.7 Å². The smallest absolute Gasteiger partial charge is 0.264 e. The molecule has 0 amide bonds. The number of anilines is 1. The van der Waals surface area contributed by atoms with Gasteiger partial charge in [-0.15, -0.1) is 12.4 Å². The van der Waals surface area contributed by atoms with Gasteiger partial charge in [0.1, 0.15) is 5.65 Å². The summed E-state index contributed by atoms with van der Waals surface area (Å²) < 4.78 is 30.4. The Morgan fingerprint density at radius 1 is 1.20 bits per heavy atom. The van der Waals surface area contributed by atoms with Gasteiger partial charge in [0, 0.05) is 55.1 Å². The van der Waals surface area contributed by atoms with Crippen LogP contribution in [0.4, 0.5) is 14.7 Å². The van der Waals surface area contributed by atoms with Gasteiger partial charge in [0.05, 0.1) is 21.5 Å². The van der Waals surface area contributed by atoms with Gasteiger partial charge in [-0.25, -0.2) is 8.78 Å². The number of nitrogens with two attached hydrogens (primary N) is 1. The van der Waals surface area contributed by atoms with Crippen LogP contribution in [0.2, 0.25) is 5.02 Å². The number of aryl methyl sites for hydroxylation is 1. The van der Waals surface area contributed by atoms with Crippen molar-refractivity contribution < 1.29 is 8.78 Å². The van der Waals surface area contributed by atoms with Gasteiger partial charge in [0.2, 0.25) is 5.95 Å². The quantitative estimate of drug-likeness (QED) is 0.423. The van der Waals surface area contributed by atoms with E-state index in [1.807, 2.05) is 30.3 Å². The maximum absolute atomic E-state index is 13.6. The number of rotatable bonds is 3. The standard InChI is InChI=1S/C23H24ClF2N7O.ClH/c1-31-10-15-16(30-31)6-5-13(18(15)24)14-9-28-19-17(14)20(34)32(2)22(29-19)33-11-3-4-12(33)8-23(27,7-11)21(25)26;/h5-6,9-12,21,28H,3-4,7-8,27H2,1-2H3;1H. The van der Waals surface area contributed by atoms with E-state index in [0.29, 0.717) is 33.1 Å². The van der Waals surface area contributed by atoms with E-state index in [2.05, 4.69) is 10.1 Å². The van der Waals surface area contributed by atoms with E-state index in [4.69, 9.17) is 22.3 Å². The number of piperidine rings is 1. The molecule has 1 aromatic carbocycles. The lowest BCUT2D eigenvalue weighted by molar-refractivity contribution is 0.0294. The molecule has 2 atom stereocenters. The fourth-order valence-electron chi connectivity index (χ4n) is 5.81. The number of aromatic amines is 1. The highest BCUT2D eigenvalue weighted by molar-refractivity contribution is 6.38. The van der Waals surface area contributed by atoms with Crippen LogP contribution in [0.15, 0.2) is 29.3 Å². The molecule has 186 valence electrons. The molecule has 2 fully saturated rings. The Morgan fingerprint density at radius 3 is 2.54 bits per heavy atom.